The van der Waals surface area contributed by atoms with E-state index in [0.717, 1.165) is 0 Å². The molecule has 1 heteroatoms. The molecule has 0 spiro atoms. The van der Waals surface area contributed by atoms with Gasteiger partial charge in [-0.05, 0) is 32.9 Å². The molecule has 0 heterocycles. The second-order valence-electron chi connectivity index (χ2n) is 4.58. The molecule has 0 amide bonds. The normalized spacial score (nSPS) is 15.9. The number of hydrogen-bond acceptors (Lipinski definition) is 1. The molecule has 0 fully saturated rings. The topological polar surface area (TPSA) is 3.24 Å². The summed E-state index contributed by atoms with van der Waals surface area (Å²) in [7, 11) is 4.27. The van der Waals surface area contributed by atoms with Crippen LogP contribution in [0.5, 0.6) is 0 Å². The Morgan fingerprint density at radius 3 is 1.70 bits per heavy atom. The Kier molecular flexibility index (Phi) is 3.37. The van der Waals surface area contributed by atoms with Crippen LogP contribution in [0, 0.1) is 5.41 Å². The van der Waals surface area contributed by atoms with Gasteiger partial charge < -0.3 is 4.90 Å². The van der Waals surface area contributed by atoms with Gasteiger partial charge in [0.05, 0.1) is 0 Å². The first-order valence-corrected chi connectivity index (χ1v) is 3.99. The highest BCUT2D eigenvalue weighted by Crippen LogP contribution is 2.21. The molecule has 1 atom stereocenters. The Hall–Kier alpha value is -0.0400. The third-order valence-electron chi connectivity index (χ3n) is 1.79. The minimum Gasteiger partial charge on any atom is -0.307 e. The van der Waals surface area contributed by atoms with E-state index in [-0.39, 0.29) is 0 Å². The summed E-state index contributed by atoms with van der Waals surface area (Å²) < 4.78 is 0. The third-order valence-corrected chi connectivity index (χ3v) is 1.79. The van der Waals surface area contributed by atoms with Crippen LogP contribution in [0.15, 0.2) is 0 Å². The van der Waals surface area contributed by atoms with Gasteiger partial charge in [-0.15, -0.1) is 0 Å². The van der Waals surface area contributed by atoms with E-state index >= 15 is 0 Å². The monoisotopic (exact) mass is 143 g/mol. The molecule has 0 aliphatic rings. The van der Waals surface area contributed by atoms with Crippen LogP contribution in [-0.2, 0) is 0 Å². The molecule has 0 unspecified atom stereocenters. The largest absolute Gasteiger partial charge is 0.307 e. The van der Waals surface area contributed by atoms with E-state index in [4.69, 9.17) is 0 Å². The van der Waals surface area contributed by atoms with Crippen LogP contribution >= 0.6 is 0 Å². The fraction of sp³-hybridized carbons (Fsp3) is 1.00. The molecule has 0 rings (SSSR count). The van der Waals surface area contributed by atoms with Gasteiger partial charge in [0.2, 0.25) is 0 Å². The van der Waals surface area contributed by atoms with Crippen molar-refractivity contribution in [2.75, 3.05) is 14.1 Å². The highest BCUT2D eigenvalue weighted by atomic mass is 15.1. The van der Waals surface area contributed by atoms with E-state index in [0.29, 0.717) is 11.5 Å². The Bertz CT molecular complexity index is 89.4. The van der Waals surface area contributed by atoms with Crippen LogP contribution in [0.1, 0.15) is 34.1 Å². The predicted molar refractivity (Wildman–Crippen MR) is 47.2 cm³/mol. The van der Waals surface area contributed by atoms with Crippen molar-refractivity contribution in [2.45, 2.75) is 40.2 Å². The molecule has 0 aromatic rings. The highest BCUT2D eigenvalue weighted by Gasteiger charge is 2.15. The summed E-state index contributed by atoms with van der Waals surface area (Å²) in [6, 6.07) is 0.694. The molecular weight excluding hydrogens is 122 g/mol. The number of nitrogens with zero attached hydrogens (tertiary/aromatic N) is 1. The van der Waals surface area contributed by atoms with Gasteiger partial charge in [-0.2, -0.15) is 0 Å². The fourth-order valence-corrected chi connectivity index (χ4v) is 1.07. The molecule has 0 N–H and O–H groups in total. The zero-order valence-corrected chi connectivity index (χ0v) is 8.23. The molecule has 0 aromatic carbocycles. The zero-order valence-electron chi connectivity index (χ0n) is 8.23. The molecule has 0 bridgehead atoms. The van der Waals surface area contributed by atoms with Crippen molar-refractivity contribution in [2.24, 2.45) is 5.41 Å². The van der Waals surface area contributed by atoms with Crippen LogP contribution in [0.4, 0.5) is 0 Å². The number of rotatable bonds is 2. The van der Waals surface area contributed by atoms with E-state index in [1.54, 1.807) is 0 Å². The average molecular weight is 143 g/mol. The summed E-state index contributed by atoms with van der Waals surface area (Å²) >= 11 is 0. The van der Waals surface area contributed by atoms with Crippen LogP contribution in [0.2, 0.25) is 0 Å². The van der Waals surface area contributed by atoms with Crippen molar-refractivity contribution in [1.82, 2.24) is 4.90 Å². The Morgan fingerprint density at radius 1 is 1.20 bits per heavy atom. The molecule has 0 saturated carbocycles. The van der Waals surface area contributed by atoms with Crippen molar-refractivity contribution in [1.29, 1.82) is 0 Å². The van der Waals surface area contributed by atoms with Gasteiger partial charge in [0, 0.05) is 6.04 Å². The van der Waals surface area contributed by atoms with Crippen LogP contribution in [0.25, 0.3) is 0 Å². The summed E-state index contributed by atoms with van der Waals surface area (Å²) in [6.45, 7) is 9.12. The van der Waals surface area contributed by atoms with Crippen molar-refractivity contribution < 1.29 is 0 Å². The summed E-state index contributed by atoms with van der Waals surface area (Å²) in [5, 5.41) is 0. The lowest BCUT2D eigenvalue weighted by atomic mass is 9.88. The van der Waals surface area contributed by atoms with Gasteiger partial charge in [-0.25, -0.2) is 0 Å². The van der Waals surface area contributed by atoms with Gasteiger partial charge in [0.25, 0.3) is 0 Å². The minimum atomic E-state index is 0.462. The first kappa shape index (κ1) is 9.96. The fourth-order valence-electron chi connectivity index (χ4n) is 1.07. The molecular formula is C9H21N. The molecule has 10 heavy (non-hydrogen) atoms. The van der Waals surface area contributed by atoms with Gasteiger partial charge in [-0.1, -0.05) is 20.8 Å². The van der Waals surface area contributed by atoms with Gasteiger partial charge in [-0.3, -0.25) is 0 Å². The first-order chi connectivity index (χ1) is 4.33. The first-order valence-electron chi connectivity index (χ1n) is 3.99. The molecule has 1 nitrogen and oxygen atoms in total. The van der Waals surface area contributed by atoms with Crippen molar-refractivity contribution in [3.8, 4) is 0 Å². The number of hydrogen-bond donors (Lipinski definition) is 0. The van der Waals surface area contributed by atoms with Crippen LogP contribution in [0.3, 0.4) is 0 Å². The van der Waals surface area contributed by atoms with Crippen molar-refractivity contribution in [3.05, 3.63) is 0 Å². The average Bonchev–Trinajstić information content (AvgIpc) is 1.60. The molecule has 0 saturated heterocycles. The SMILES string of the molecule is C[C@@H](CC(C)(C)C)N(C)C. The molecule has 62 valence electrons. The van der Waals surface area contributed by atoms with E-state index in [1.807, 2.05) is 0 Å². The summed E-state index contributed by atoms with van der Waals surface area (Å²) in [6.07, 6.45) is 1.26. The molecule has 0 aromatic heterocycles. The highest BCUT2D eigenvalue weighted by molar-refractivity contribution is 4.69. The molecule has 0 radical (unpaired) electrons. The lowest BCUT2D eigenvalue weighted by molar-refractivity contribution is 0.224. The summed E-state index contributed by atoms with van der Waals surface area (Å²) in [4.78, 5) is 2.27. The second kappa shape index (κ2) is 3.38. The lowest BCUT2D eigenvalue weighted by Crippen LogP contribution is -2.28. The van der Waals surface area contributed by atoms with E-state index in [1.165, 1.54) is 6.42 Å². The molecule has 0 aliphatic heterocycles. The van der Waals surface area contributed by atoms with Gasteiger partial charge in [0.1, 0.15) is 0 Å². The van der Waals surface area contributed by atoms with Crippen molar-refractivity contribution >= 4 is 0 Å². The quantitative estimate of drug-likeness (QED) is 0.573. The summed E-state index contributed by atoms with van der Waals surface area (Å²) in [5.74, 6) is 0. The second-order valence-corrected chi connectivity index (χ2v) is 4.58. The van der Waals surface area contributed by atoms with Gasteiger partial charge >= 0.3 is 0 Å². The van der Waals surface area contributed by atoms with E-state index in [2.05, 4.69) is 46.7 Å². The predicted octanol–water partition coefficient (Wildman–Crippen LogP) is 2.37. The Labute approximate surface area is 65.4 Å². The maximum atomic E-state index is 2.28. The van der Waals surface area contributed by atoms with Crippen LogP contribution in [-0.4, -0.2) is 25.0 Å². The Morgan fingerprint density at radius 2 is 1.60 bits per heavy atom. The van der Waals surface area contributed by atoms with Crippen LogP contribution < -0.4 is 0 Å². The Balaban J connectivity index is 3.68. The van der Waals surface area contributed by atoms with E-state index in [9.17, 15) is 0 Å². The summed E-state index contributed by atoms with van der Waals surface area (Å²) in [5.41, 5.74) is 0.462. The van der Waals surface area contributed by atoms with Gasteiger partial charge in [0.15, 0.2) is 0 Å². The zero-order chi connectivity index (χ0) is 8.36. The molecule has 0 aliphatic carbocycles. The van der Waals surface area contributed by atoms with E-state index < -0.39 is 0 Å². The standard InChI is InChI=1S/C9H21N/c1-8(10(5)6)7-9(2,3)4/h8H,7H2,1-6H3/t8-/m0/s1. The third kappa shape index (κ3) is 4.80. The minimum absolute atomic E-state index is 0.462. The van der Waals surface area contributed by atoms with Crippen molar-refractivity contribution in [3.63, 3.8) is 0 Å². The maximum absolute atomic E-state index is 2.28. The maximum Gasteiger partial charge on any atom is 0.00658 e. The smallest absolute Gasteiger partial charge is 0.00658 e. The lowest BCUT2D eigenvalue weighted by Gasteiger charge is -2.27.